The number of rotatable bonds is 9. The molecule has 2 aromatic carbocycles. The molecule has 2 heterocycles. The van der Waals surface area contributed by atoms with Gasteiger partial charge in [0.05, 0.1) is 12.3 Å². The summed E-state index contributed by atoms with van der Waals surface area (Å²) in [5.74, 6) is 1.81. The molecule has 0 saturated carbocycles. The summed E-state index contributed by atoms with van der Waals surface area (Å²) in [4.78, 5) is 2.56. The van der Waals surface area contributed by atoms with E-state index >= 15 is 0 Å². The Morgan fingerprint density at radius 2 is 1.83 bits per heavy atom. The van der Waals surface area contributed by atoms with Crippen LogP contribution >= 0.6 is 11.8 Å². The van der Waals surface area contributed by atoms with Crippen molar-refractivity contribution < 1.29 is 4.74 Å². The Balaban J connectivity index is 1.24. The topological polar surface area (TPSA) is 38.2 Å². The Kier molecular flexibility index (Phi) is 7.38. The van der Waals surface area contributed by atoms with Crippen LogP contribution in [-0.2, 0) is 5.75 Å². The van der Waals surface area contributed by atoms with E-state index in [0.29, 0.717) is 0 Å². The SMILES string of the molecule is C[C@@H]1CCCN1CCCOc1ccc(-c2ccc(SCc3ccccc3)nn2)cc1. The summed E-state index contributed by atoms with van der Waals surface area (Å²) in [6.07, 6.45) is 3.73. The van der Waals surface area contributed by atoms with E-state index in [9.17, 15) is 0 Å². The fourth-order valence-corrected chi connectivity index (χ4v) is 4.56. The van der Waals surface area contributed by atoms with Crippen LogP contribution in [0.1, 0.15) is 31.7 Å². The van der Waals surface area contributed by atoms with Gasteiger partial charge in [0, 0.05) is 23.9 Å². The molecule has 1 saturated heterocycles. The van der Waals surface area contributed by atoms with E-state index in [4.69, 9.17) is 4.74 Å². The molecular weight excluding hydrogens is 390 g/mol. The van der Waals surface area contributed by atoms with E-state index < -0.39 is 0 Å². The Labute approximate surface area is 183 Å². The number of thioether (sulfide) groups is 1. The van der Waals surface area contributed by atoms with Gasteiger partial charge in [-0.05, 0) is 74.7 Å². The first-order valence-corrected chi connectivity index (χ1v) is 11.7. The molecule has 0 bridgehead atoms. The second kappa shape index (κ2) is 10.6. The average molecular weight is 420 g/mol. The van der Waals surface area contributed by atoms with Crippen LogP contribution in [-0.4, -0.2) is 40.8 Å². The van der Waals surface area contributed by atoms with Crippen molar-refractivity contribution in [2.75, 3.05) is 19.7 Å². The first kappa shape index (κ1) is 20.9. The number of aromatic nitrogens is 2. The van der Waals surface area contributed by atoms with Crippen LogP contribution in [0.5, 0.6) is 5.75 Å². The summed E-state index contributed by atoms with van der Waals surface area (Å²) in [6.45, 7) is 5.45. The molecule has 0 radical (unpaired) electrons. The van der Waals surface area contributed by atoms with E-state index in [1.165, 1.54) is 24.9 Å². The van der Waals surface area contributed by atoms with Crippen molar-refractivity contribution in [2.45, 2.75) is 43.0 Å². The average Bonchev–Trinajstić information content (AvgIpc) is 3.21. The predicted molar refractivity (Wildman–Crippen MR) is 124 cm³/mol. The number of likely N-dealkylation sites (tertiary alicyclic amines) is 1. The molecule has 3 aromatic rings. The molecule has 30 heavy (non-hydrogen) atoms. The van der Waals surface area contributed by atoms with Crippen molar-refractivity contribution in [2.24, 2.45) is 0 Å². The van der Waals surface area contributed by atoms with Gasteiger partial charge in [-0.15, -0.1) is 10.2 Å². The number of nitrogens with zero attached hydrogens (tertiary/aromatic N) is 3. The smallest absolute Gasteiger partial charge is 0.119 e. The lowest BCUT2D eigenvalue weighted by molar-refractivity contribution is 0.230. The minimum absolute atomic E-state index is 0.730. The van der Waals surface area contributed by atoms with Crippen LogP contribution in [0.25, 0.3) is 11.3 Å². The molecule has 156 valence electrons. The monoisotopic (exact) mass is 419 g/mol. The number of hydrogen-bond acceptors (Lipinski definition) is 5. The van der Waals surface area contributed by atoms with Crippen LogP contribution < -0.4 is 4.74 Å². The lowest BCUT2D eigenvalue weighted by Crippen LogP contribution is -2.28. The van der Waals surface area contributed by atoms with Gasteiger partial charge < -0.3 is 9.64 Å². The molecule has 0 N–H and O–H groups in total. The van der Waals surface area contributed by atoms with Crippen LogP contribution in [0.2, 0.25) is 0 Å². The summed E-state index contributed by atoms with van der Waals surface area (Å²) >= 11 is 1.70. The van der Waals surface area contributed by atoms with Crippen molar-refractivity contribution in [1.29, 1.82) is 0 Å². The number of ether oxygens (including phenoxy) is 1. The molecule has 0 unspecified atom stereocenters. The lowest BCUT2D eigenvalue weighted by atomic mass is 10.1. The summed E-state index contributed by atoms with van der Waals surface area (Å²) in [5, 5.41) is 9.71. The normalized spacial score (nSPS) is 16.6. The Morgan fingerprint density at radius 1 is 1.00 bits per heavy atom. The van der Waals surface area contributed by atoms with Crippen molar-refractivity contribution in [3.63, 3.8) is 0 Å². The van der Waals surface area contributed by atoms with Crippen LogP contribution in [0.15, 0.2) is 71.8 Å². The van der Waals surface area contributed by atoms with Crippen molar-refractivity contribution in [3.8, 4) is 17.0 Å². The minimum Gasteiger partial charge on any atom is -0.494 e. The molecule has 1 aliphatic heterocycles. The van der Waals surface area contributed by atoms with Gasteiger partial charge in [-0.3, -0.25) is 0 Å². The minimum atomic E-state index is 0.730. The number of hydrogen-bond donors (Lipinski definition) is 0. The molecule has 0 amide bonds. The molecule has 0 spiro atoms. The summed E-state index contributed by atoms with van der Waals surface area (Å²) in [7, 11) is 0. The van der Waals surface area contributed by atoms with E-state index in [1.54, 1.807) is 11.8 Å². The Bertz CT molecular complexity index is 900. The van der Waals surface area contributed by atoms with Gasteiger partial charge in [-0.25, -0.2) is 0 Å². The largest absolute Gasteiger partial charge is 0.494 e. The fraction of sp³-hybridized carbons (Fsp3) is 0.360. The van der Waals surface area contributed by atoms with Gasteiger partial charge in [-0.2, -0.15) is 0 Å². The highest BCUT2D eigenvalue weighted by Gasteiger charge is 2.19. The van der Waals surface area contributed by atoms with Crippen LogP contribution in [0, 0.1) is 0 Å². The molecule has 4 rings (SSSR count). The van der Waals surface area contributed by atoms with E-state index in [2.05, 4.69) is 58.4 Å². The van der Waals surface area contributed by atoms with Gasteiger partial charge in [-0.1, -0.05) is 42.1 Å². The third-order valence-corrected chi connectivity index (χ3v) is 6.56. The number of benzene rings is 2. The zero-order valence-electron chi connectivity index (χ0n) is 17.5. The predicted octanol–water partition coefficient (Wildman–Crippen LogP) is 5.69. The fourth-order valence-electron chi connectivity index (χ4n) is 3.79. The standard InChI is InChI=1S/C25H29N3OS/c1-20-7-5-16-28(20)17-6-18-29-23-12-10-22(11-13-23)24-14-15-25(27-26-24)30-19-21-8-3-2-4-9-21/h2-4,8-15,20H,5-7,16-19H2,1H3/t20-/m1/s1. The second-order valence-electron chi connectivity index (χ2n) is 7.78. The van der Waals surface area contributed by atoms with E-state index in [1.807, 2.05) is 30.3 Å². The summed E-state index contributed by atoms with van der Waals surface area (Å²) < 4.78 is 5.92. The van der Waals surface area contributed by atoms with Crippen molar-refractivity contribution in [1.82, 2.24) is 15.1 Å². The highest BCUT2D eigenvalue weighted by molar-refractivity contribution is 7.98. The third kappa shape index (κ3) is 5.83. The van der Waals surface area contributed by atoms with Gasteiger partial charge in [0.25, 0.3) is 0 Å². The summed E-state index contributed by atoms with van der Waals surface area (Å²) in [5.41, 5.74) is 3.23. The third-order valence-electron chi connectivity index (χ3n) is 5.57. The van der Waals surface area contributed by atoms with Gasteiger partial charge in [0.2, 0.25) is 0 Å². The first-order chi connectivity index (χ1) is 14.8. The van der Waals surface area contributed by atoms with Gasteiger partial charge in [0.15, 0.2) is 0 Å². The zero-order valence-corrected chi connectivity index (χ0v) is 18.4. The summed E-state index contributed by atoms with van der Waals surface area (Å²) in [6, 6.07) is 23.4. The highest BCUT2D eigenvalue weighted by Crippen LogP contribution is 2.24. The molecule has 1 atom stereocenters. The molecular formula is C25H29N3OS. The molecule has 4 nitrogen and oxygen atoms in total. The van der Waals surface area contributed by atoms with Crippen molar-refractivity contribution in [3.05, 3.63) is 72.3 Å². The molecule has 0 aliphatic carbocycles. The van der Waals surface area contributed by atoms with Crippen LogP contribution in [0.3, 0.4) is 0 Å². The Hall–Kier alpha value is -2.37. The van der Waals surface area contributed by atoms with Crippen molar-refractivity contribution >= 4 is 11.8 Å². The molecule has 1 aliphatic rings. The Morgan fingerprint density at radius 3 is 2.53 bits per heavy atom. The first-order valence-electron chi connectivity index (χ1n) is 10.8. The zero-order chi connectivity index (χ0) is 20.6. The maximum absolute atomic E-state index is 5.92. The van der Waals surface area contributed by atoms with E-state index in [-0.39, 0.29) is 0 Å². The molecule has 5 heteroatoms. The van der Waals surface area contributed by atoms with Gasteiger partial charge in [0.1, 0.15) is 10.8 Å². The van der Waals surface area contributed by atoms with E-state index in [0.717, 1.165) is 53.4 Å². The highest BCUT2D eigenvalue weighted by atomic mass is 32.2. The maximum Gasteiger partial charge on any atom is 0.119 e. The van der Waals surface area contributed by atoms with Crippen LogP contribution in [0.4, 0.5) is 0 Å². The maximum atomic E-state index is 5.92. The molecule has 1 fully saturated rings. The van der Waals surface area contributed by atoms with Gasteiger partial charge >= 0.3 is 0 Å². The lowest BCUT2D eigenvalue weighted by Gasteiger charge is -2.20. The molecule has 1 aromatic heterocycles. The second-order valence-corrected chi connectivity index (χ2v) is 8.78. The quantitative estimate of drug-likeness (QED) is 0.329.